The molecule has 0 aromatic carbocycles. The molecule has 0 spiro atoms. The van der Waals surface area contributed by atoms with Crippen molar-refractivity contribution in [3.63, 3.8) is 0 Å². The van der Waals surface area contributed by atoms with Crippen LogP contribution >= 0.6 is 0 Å². The number of fused-ring (bicyclic) bond motifs is 4. The summed E-state index contributed by atoms with van der Waals surface area (Å²) in [7, 11) is -2.43. The zero-order valence-electron chi connectivity index (χ0n) is 12.4. The highest BCUT2D eigenvalue weighted by atomic mass is 32.2. The van der Waals surface area contributed by atoms with Crippen LogP contribution in [0.15, 0.2) is 23.4 Å². The lowest BCUT2D eigenvalue weighted by Crippen LogP contribution is -2.41. The maximum Gasteiger partial charge on any atom is 0.354 e. The molecule has 2 aliphatic rings. The lowest BCUT2D eigenvalue weighted by atomic mass is 10.0. The SMILES string of the molecule is COC(=O)c1cc(S(=O)(=O)N2C3CCC2c2cn[nH]c2C3)c[nH]1. The van der Waals surface area contributed by atoms with Crippen LogP contribution in [0.2, 0.25) is 0 Å². The van der Waals surface area contributed by atoms with Crippen molar-refractivity contribution in [1.82, 2.24) is 19.5 Å². The van der Waals surface area contributed by atoms with Gasteiger partial charge in [0, 0.05) is 29.9 Å². The Morgan fingerprint density at radius 1 is 1.43 bits per heavy atom. The van der Waals surface area contributed by atoms with E-state index in [-0.39, 0.29) is 22.7 Å². The standard InChI is InChI=1S/C14H16N4O4S/c1-22-14(19)12-5-9(6-15-12)23(20,21)18-8-2-3-13(18)10-7-16-17-11(10)4-8/h5-8,13,15H,2-4H2,1H3,(H,16,17). The number of hydrogen-bond donors (Lipinski definition) is 2. The maximum atomic E-state index is 13.0. The number of methoxy groups -OCH3 is 1. The highest BCUT2D eigenvalue weighted by Crippen LogP contribution is 2.46. The van der Waals surface area contributed by atoms with Crippen LogP contribution < -0.4 is 0 Å². The molecule has 1 fully saturated rings. The van der Waals surface area contributed by atoms with E-state index >= 15 is 0 Å². The van der Waals surface area contributed by atoms with E-state index in [1.54, 1.807) is 10.5 Å². The Labute approximate surface area is 132 Å². The summed E-state index contributed by atoms with van der Waals surface area (Å²) in [6.07, 6.45) is 5.29. The molecule has 2 atom stereocenters. The normalized spacial score (nSPS) is 23.7. The van der Waals surface area contributed by atoms with Crippen molar-refractivity contribution in [3.8, 4) is 0 Å². The van der Waals surface area contributed by atoms with E-state index in [1.807, 2.05) is 0 Å². The Bertz CT molecular complexity index is 869. The Morgan fingerprint density at radius 2 is 2.26 bits per heavy atom. The van der Waals surface area contributed by atoms with E-state index in [0.29, 0.717) is 6.42 Å². The molecule has 2 aromatic rings. The van der Waals surface area contributed by atoms with Gasteiger partial charge >= 0.3 is 5.97 Å². The average molecular weight is 336 g/mol. The van der Waals surface area contributed by atoms with Gasteiger partial charge in [0.15, 0.2) is 0 Å². The van der Waals surface area contributed by atoms with E-state index in [0.717, 1.165) is 24.1 Å². The predicted octanol–water partition coefficient (Wildman–Crippen LogP) is 0.975. The Balaban J connectivity index is 1.73. The number of carbonyl (C=O) groups is 1. The number of hydrogen-bond acceptors (Lipinski definition) is 5. The maximum absolute atomic E-state index is 13.0. The zero-order chi connectivity index (χ0) is 16.2. The molecule has 2 aliphatic heterocycles. The summed E-state index contributed by atoms with van der Waals surface area (Å²) < 4.78 is 32.2. The summed E-state index contributed by atoms with van der Waals surface area (Å²) >= 11 is 0. The number of rotatable bonds is 3. The van der Waals surface area contributed by atoms with Gasteiger partial charge in [0.05, 0.1) is 19.3 Å². The van der Waals surface area contributed by atoms with Gasteiger partial charge in [-0.15, -0.1) is 0 Å². The number of carbonyl (C=O) groups excluding carboxylic acids is 1. The first-order chi connectivity index (χ1) is 11.0. The Hall–Kier alpha value is -2.13. The van der Waals surface area contributed by atoms with E-state index in [1.165, 1.54) is 19.4 Å². The third-order valence-electron chi connectivity index (χ3n) is 4.63. The first-order valence-electron chi connectivity index (χ1n) is 7.35. The summed E-state index contributed by atoms with van der Waals surface area (Å²) in [6, 6.07) is 1.06. The van der Waals surface area contributed by atoms with Gasteiger partial charge in [0.1, 0.15) is 10.6 Å². The van der Waals surface area contributed by atoms with E-state index in [4.69, 9.17) is 0 Å². The second-order valence-electron chi connectivity index (χ2n) is 5.83. The summed E-state index contributed by atoms with van der Waals surface area (Å²) in [5.74, 6) is -0.592. The Morgan fingerprint density at radius 3 is 3.04 bits per heavy atom. The van der Waals surface area contributed by atoms with Gasteiger partial charge in [-0.3, -0.25) is 5.10 Å². The van der Waals surface area contributed by atoms with Gasteiger partial charge in [0.2, 0.25) is 10.0 Å². The zero-order valence-corrected chi connectivity index (χ0v) is 13.3. The van der Waals surface area contributed by atoms with Gasteiger partial charge in [-0.05, 0) is 18.9 Å². The summed E-state index contributed by atoms with van der Waals surface area (Å²) in [5, 5.41) is 6.99. The highest BCUT2D eigenvalue weighted by molar-refractivity contribution is 7.89. The molecule has 4 rings (SSSR count). The van der Waals surface area contributed by atoms with Crippen LogP contribution in [0.25, 0.3) is 0 Å². The van der Waals surface area contributed by atoms with Crippen molar-refractivity contribution in [2.75, 3.05) is 7.11 Å². The second-order valence-corrected chi connectivity index (χ2v) is 7.67. The molecule has 23 heavy (non-hydrogen) atoms. The summed E-state index contributed by atoms with van der Waals surface area (Å²) in [6.45, 7) is 0. The van der Waals surface area contributed by atoms with Gasteiger partial charge in [-0.2, -0.15) is 9.40 Å². The molecule has 2 N–H and O–H groups in total. The molecule has 1 saturated heterocycles. The molecule has 122 valence electrons. The average Bonchev–Trinajstić information content (AvgIpc) is 3.25. The fourth-order valence-electron chi connectivity index (χ4n) is 3.59. The smallest absolute Gasteiger partial charge is 0.354 e. The van der Waals surface area contributed by atoms with Crippen molar-refractivity contribution >= 4 is 16.0 Å². The minimum Gasteiger partial charge on any atom is -0.464 e. The third-order valence-corrected chi connectivity index (χ3v) is 6.57. The van der Waals surface area contributed by atoms with Crippen LogP contribution in [-0.2, 0) is 21.2 Å². The number of nitrogens with zero attached hydrogens (tertiary/aromatic N) is 2. The number of esters is 1. The second kappa shape index (κ2) is 4.93. The molecule has 9 heteroatoms. The molecular weight excluding hydrogens is 320 g/mol. The fourth-order valence-corrected chi connectivity index (χ4v) is 5.43. The minimum atomic E-state index is -3.69. The van der Waals surface area contributed by atoms with E-state index in [9.17, 15) is 13.2 Å². The van der Waals surface area contributed by atoms with Crippen LogP contribution in [-0.4, -0.2) is 47.0 Å². The number of nitrogens with one attached hydrogen (secondary N) is 2. The fraction of sp³-hybridized carbons (Fsp3) is 0.429. The number of sulfonamides is 1. The lowest BCUT2D eigenvalue weighted by molar-refractivity contribution is 0.0595. The first-order valence-corrected chi connectivity index (χ1v) is 8.79. The van der Waals surface area contributed by atoms with Crippen molar-refractivity contribution < 1.29 is 17.9 Å². The predicted molar refractivity (Wildman–Crippen MR) is 79.2 cm³/mol. The molecular formula is C14H16N4O4S. The highest BCUT2D eigenvalue weighted by Gasteiger charge is 2.47. The minimum absolute atomic E-state index is 0.0746. The van der Waals surface area contributed by atoms with Gasteiger partial charge in [0.25, 0.3) is 0 Å². The van der Waals surface area contributed by atoms with Gasteiger partial charge in [-0.25, -0.2) is 13.2 Å². The number of aromatic nitrogens is 3. The lowest BCUT2D eigenvalue weighted by Gasteiger charge is -2.32. The monoisotopic (exact) mass is 336 g/mol. The van der Waals surface area contributed by atoms with Gasteiger partial charge in [-0.1, -0.05) is 0 Å². The molecule has 0 aliphatic carbocycles. The van der Waals surface area contributed by atoms with Crippen LogP contribution in [0.5, 0.6) is 0 Å². The van der Waals surface area contributed by atoms with E-state index < -0.39 is 16.0 Å². The molecule has 8 nitrogen and oxygen atoms in total. The van der Waals surface area contributed by atoms with Gasteiger partial charge < -0.3 is 9.72 Å². The number of H-pyrrole nitrogens is 2. The largest absolute Gasteiger partial charge is 0.464 e. The number of aromatic amines is 2. The van der Waals surface area contributed by atoms with Crippen LogP contribution in [0.3, 0.4) is 0 Å². The third kappa shape index (κ3) is 2.03. The summed E-state index contributed by atoms with van der Waals surface area (Å²) in [5.41, 5.74) is 2.10. The van der Waals surface area contributed by atoms with Crippen LogP contribution in [0.1, 0.15) is 40.6 Å². The molecule has 0 saturated carbocycles. The van der Waals surface area contributed by atoms with Crippen LogP contribution in [0, 0.1) is 0 Å². The summed E-state index contributed by atoms with van der Waals surface area (Å²) in [4.78, 5) is 14.3. The number of ether oxygens (including phenoxy) is 1. The Kier molecular flexibility index (Phi) is 3.10. The topological polar surface area (TPSA) is 108 Å². The first kappa shape index (κ1) is 14.5. The molecule has 2 unspecified atom stereocenters. The van der Waals surface area contributed by atoms with Crippen molar-refractivity contribution in [2.45, 2.75) is 36.2 Å². The van der Waals surface area contributed by atoms with Crippen molar-refractivity contribution in [2.24, 2.45) is 0 Å². The van der Waals surface area contributed by atoms with Crippen molar-refractivity contribution in [3.05, 3.63) is 35.4 Å². The molecule has 4 heterocycles. The van der Waals surface area contributed by atoms with E-state index in [2.05, 4.69) is 19.9 Å². The molecule has 2 bridgehead atoms. The quantitative estimate of drug-likeness (QED) is 0.812. The molecule has 2 aromatic heterocycles. The molecule has 0 radical (unpaired) electrons. The molecule has 0 amide bonds. The van der Waals surface area contributed by atoms with Crippen molar-refractivity contribution in [1.29, 1.82) is 0 Å². The van der Waals surface area contributed by atoms with Crippen LogP contribution in [0.4, 0.5) is 0 Å².